The van der Waals surface area contributed by atoms with Crippen molar-refractivity contribution in [3.63, 3.8) is 0 Å². The summed E-state index contributed by atoms with van der Waals surface area (Å²) in [6, 6.07) is 34.0. The number of ether oxygens (including phenoxy) is 2. The van der Waals surface area contributed by atoms with E-state index in [4.69, 9.17) is 70.1 Å². The maximum atomic E-state index is 9.65. The number of aryl methyl sites for hydroxylation is 3. The molecule has 8 N–H and O–H groups in total. The van der Waals surface area contributed by atoms with Gasteiger partial charge in [-0.15, -0.1) is 0 Å². The molecule has 522 valence electrons. The zero-order valence-electron chi connectivity index (χ0n) is 60.1. The number of rotatable bonds is 17. The van der Waals surface area contributed by atoms with E-state index in [0.29, 0.717) is 65.5 Å². The third-order valence-corrected chi connectivity index (χ3v) is 16.6. The number of hydroxylamine groups is 4. The first-order valence-corrected chi connectivity index (χ1v) is 34.1. The molecule has 98 heavy (non-hydrogen) atoms. The summed E-state index contributed by atoms with van der Waals surface area (Å²) in [6.45, 7) is 31.6. The van der Waals surface area contributed by atoms with Crippen LogP contribution < -0.4 is 45.3 Å². The molecule has 20 nitrogen and oxygen atoms in total. The minimum Gasteiger partial charge on any atom is -0.489 e. The molecule has 5 aromatic rings. The number of aliphatic hydroxyl groups excluding tert-OH is 2. The van der Waals surface area contributed by atoms with Gasteiger partial charge in [-0.25, -0.2) is 29.8 Å². The molecule has 9 rings (SSSR count). The fourth-order valence-electron chi connectivity index (χ4n) is 10.5. The van der Waals surface area contributed by atoms with Crippen molar-refractivity contribution in [1.82, 2.24) is 10.1 Å². The molecule has 25 heteroatoms. The summed E-state index contributed by atoms with van der Waals surface area (Å²) in [5.41, 5.74) is 21.2. The average Bonchev–Trinajstić information content (AvgIpc) is 1.49. The standard InChI is InChI=1S/C26H30N4O3.C18H24BrN3O3.C9H21BO3.C8H8BNO2.C8H6BrN.C4H9.Li/c1-16(2)11-20(9-10-31)24-14-26(29-25(28)30(4)33-26)22-13-19(7-8-23(22)32-24)21-12-18(15-27)6-5-17(21)3;1-11(2)8-12(6-7-23)16-10-18(21-17(20)22(3)25-18)14-9-13(19)4-5-15(14)24-16;1-7(2)11-10(12-8(3)4)13-9(5)6;1-6-2-3-7(5-10)4-8(6)9(11)12;1-6-2-3-7(5-10)4-8(6)9;1-3-4-2;/h5-8,11-13,20,24,31H,9-10,14H2,1-4H3,(H2,28,29);4-5,8-9,12,16,23H,6-7,10H2,1-3H3,(H2,20,21);7-9H,1-6H3;2-4,11-12H,1H3;2-4H,1H3;1,3-4H2,2H3;/q;;;;;-1;+1. The predicted octanol–water partition coefficient (Wildman–Crippen LogP) is 9.95. The van der Waals surface area contributed by atoms with Gasteiger partial charge in [0.2, 0.25) is 23.4 Å². The zero-order valence-corrected chi connectivity index (χ0v) is 63.2. The number of nitrogens with zero attached hydrogens (tertiary/aromatic N) is 7. The van der Waals surface area contributed by atoms with E-state index in [1.54, 1.807) is 39.2 Å². The van der Waals surface area contributed by atoms with Gasteiger partial charge in [-0.1, -0.05) is 98.3 Å². The van der Waals surface area contributed by atoms with Crippen LogP contribution in [-0.4, -0.2) is 115 Å². The fourth-order valence-corrected chi connectivity index (χ4v) is 11.2. The Hall–Kier alpha value is -6.48. The number of hydrogen-bond donors (Lipinski definition) is 6. The molecule has 6 atom stereocenters. The van der Waals surface area contributed by atoms with Crippen molar-refractivity contribution in [1.29, 1.82) is 15.8 Å². The molecule has 5 aromatic carbocycles. The van der Waals surface area contributed by atoms with Crippen molar-refractivity contribution < 1.29 is 72.2 Å². The first-order valence-electron chi connectivity index (χ1n) is 32.5. The van der Waals surface area contributed by atoms with E-state index in [9.17, 15) is 15.5 Å². The maximum absolute atomic E-state index is 9.65. The van der Waals surface area contributed by atoms with Crippen molar-refractivity contribution in [3.8, 4) is 40.8 Å². The first-order chi connectivity index (χ1) is 45.8. The third-order valence-electron chi connectivity index (χ3n) is 15.2. The molecule has 2 spiro atoms. The van der Waals surface area contributed by atoms with Gasteiger partial charge in [0, 0.05) is 79.2 Å². The van der Waals surface area contributed by atoms with Gasteiger partial charge in [-0.3, -0.25) is 0 Å². The van der Waals surface area contributed by atoms with Gasteiger partial charge >= 0.3 is 33.3 Å². The fraction of sp³-hybridized carbons (Fsp3) is 0.452. The van der Waals surface area contributed by atoms with Crippen molar-refractivity contribution >= 4 is 63.7 Å². The van der Waals surface area contributed by atoms with E-state index in [0.717, 1.165) is 65.6 Å². The van der Waals surface area contributed by atoms with Gasteiger partial charge in [-0.2, -0.15) is 22.2 Å². The Labute approximate surface area is 611 Å². The summed E-state index contributed by atoms with van der Waals surface area (Å²) in [7, 11) is 1.44. The number of nitriles is 3. The number of benzene rings is 5. The Bertz CT molecular complexity index is 3620. The Morgan fingerprint density at radius 1 is 0.653 bits per heavy atom. The maximum Gasteiger partial charge on any atom is 1.00 e. The number of guanidine groups is 2. The van der Waals surface area contributed by atoms with Crippen molar-refractivity contribution in [3.05, 3.63) is 175 Å². The number of allylic oxidation sites excluding steroid dienone is 2. The zero-order chi connectivity index (χ0) is 72.5. The van der Waals surface area contributed by atoms with Gasteiger partial charge in [0.25, 0.3) is 0 Å². The van der Waals surface area contributed by atoms with Crippen LogP contribution in [0.3, 0.4) is 0 Å². The summed E-state index contributed by atoms with van der Waals surface area (Å²) >= 11 is 6.84. The second-order valence-electron chi connectivity index (χ2n) is 25.1. The predicted molar refractivity (Wildman–Crippen MR) is 391 cm³/mol. The molecule has 0 radical (unpaired) electrons. The molecule has 0 saturated carbocycles. The molecular weight excluding hydrogens is 1370 g/mol. The average molecular weight is 1470 g/mol. The number of aliphatic imine (C=N–C) groups is 2. The summed E-state index contributed by atoms with van der Waals surface area (Å²) in [4.78, 5) is 21.7. The van der Waals surface area contributed by atoms with Gasteiger partial charge in [0.05, 0.1) is 46.0 Å². The molecule has 4 aliphatic heterocycles. The second-order valence-corrected chi connectivity index (χ2v) is 26.8. The number of unbranched alkanes of at least 4 members (excludes halogenated alkanes) is 1. The molecular formula is C73H98B2Br2LiN9O11. The van der Waals surface area contributed by atoms with Gasteiger partial charge in [-0.05, 0) is 197 Å². The monoisotopic (exact) mass is 1460 g/mol. The quantitative estimate of drug-likeness (QED) is 0.0286. The van der Waals surface area contributed by atoms with E-state index in [2.05, 4.69) is 75.0 Å². The van der Waals surface area contributed by atoms with Crippen LogP contribution >= 0.6 is 31.9 Å². The van der Waals surface area contributed by atoms with E-state index < -0.39 is 25.9 Å². The minimum absolute atomic E-state index is 0. The summed E-state index contributed by atoms with van der Waals surface area (Å²) in [5, 5.41) is 66.2. The molecule has 0 fully saturated rings. The van der Waals surface area contributed by atoms with Crippen molar-refractivity contribution in [2.45, 2.75) is 177 Å². The van der Waals surface area contributed by atoms with Crippen LogP contribution in [0.5, 0.6) is 11.5 Å². The van der Waals surface area contributed by atoms with E-state index in [-0.39, 0.29) is 74.4 Å². The molecule has 0 saturated heterocycles. The van der Waals surface area contributed by atoms with E-state index in [1.807, 2.05) is 156 Å². The number of nitrogens with two attached hydrogens (primary N) is 2. The number of fused-ring (bicyclic) bond motifs is 4. The Morgan fingerprint density at radius 2 is 1.06 bits per heavy atom. The summed E-state index contributed by atoms with van der Waals surface area (Å²) in [5.74, 6) is 2.13. The largest absolute Gasteiger partial charge is 1.00 e. The Balaban J connectivity index is 0.000000337. The van der Waals surface area contributed by atoms with Gasteiger partial charge < -0.3 is 62.1 Å². The van der Waals surface area contributed by atoms with Crippen LogP contribution in [0.2, 0.25) is 0 Å². The molecule has 4 heterocycles. The molecule has 0 aliphatic carbocycles. The summed E-state index contributed by atoms with van der Waals surface area (Å²) in [6.07, 6.45) is 8.67. The van der Waals surface area contributed by atoms with Crippen LogP contribution in [0, 0.1) is 73.5 Å². The van der Waals surface area contributed by atoms with Crippen LogP contribution in [0.4, 0.5) is 0 Å². The SMILES string of the molecule is CC(C)=CC(CCO)C1CC2(N=C(N)N(C)O2)c2cc(-c3cc(C#N)ccc3C)ccc2O1.CC(C)=CC(CCO)C1CC2(N=C(N)N(C)O2)c2cc(Br)ccc2O1.CC(C)OB(OC(C)C)OC(C)C.Cc1ccc(C#N)cc1B(O)O.Cc1ccc(C#N)cc1Br.[CH2-]CCC.[Li+]. The molecule has 0 aromatic heterocycles. The Kier molecular flexibility index (Phi) is 36.1. The smallest absolute Gasteiger partial charge is 0.489 e. The summed E-state index contributed by atoms with van der Waals surface area (Å²) < 4.78 is 30.9. The number of hydrogen-bond acceptors (Lipinski definition) is 20. The van der Waals surface area contributed by atoms with Crippen LogP contribution in [0.15, 0.2) is 133 Å². The molecule has 4 aliphatic rings. The molecule has 6 unspecified atom stereocenters. The number of aliphatic hydroxyl groups is 2. The molecule has 0 bridgehead atoms. The van der Waals surface area contributed by atoms with E-state index >= 15 is 0 Å². The minimum atomic E-state index is -1.50. The van der Waals surface area contributed by atoms with Crippen LogP contribution in [-0.2, 0) is 35.1 Å². The normalized spacial score (nSPS) is 18.0. The topological polar surface area (TPSA) is 300 Å². The third kappa shape index (κ3) is 25.6. The van der Waals surface area contributed by atoms with Gasteiger partial charge in [0.1, 0.15) is 23.7 Å². The van der Waals surface area contributed by atoms with Gasteiger partial charge in [0.15, 0.2) is 0 Å². The number of halogens is 2. The van der Waals surface area contributed by atoms with Crippen molar-refractivity contribution in [2.75, 3.05) is 27.3 Å². The van der Waals surface area contributed by atoms with E-state index in [1.165, 1.54) is 28.2 Å². The Morgan fingerprint density at radius 3 is 1.44 bits per heavy atom. The first kappa shape index (κ1) is 85.7. The van der Waals surface area contributed by atoms with Crippen LogP contribution in [0.25, 0.3) is 11.1 Å². The molecule has 0 amide bonds. The van der Waals surface area contributed by atoms with Crippen molar-refractivity contribution in [2.24, 2.45) is 33.3 Å². The second kappa shape index (κ2) is 41.3. The van der Waals surface area contributed by atoms with Crippen LogP contribution in [0.1, 0.15) is 159 Å².